The quantitative estimate of drug-likeness (QED) is 0.891. The molecule has 110 valence electrons. The maximum absolute atomic E-state index is 13.1. The highest BCUT2D eigenvalue weighted by atomic mass is 19.2. The largest absolute Gasteiger partial charge is 0.491 e. The molecular weight excluding hydrogens is 280 g/mol. The molecule has 0 heterocycles. The number of hydrogen-bond donors (Lipinski definition) is 2. The Morgan fingerprint density at radius 3 is 2.43 bits per heavy atom. The van der Waals surface area contributed by atoms with Crippen molar-refractivity contribution in [2.24, 2.45) is 0 Å². The summed E-state index contributed by atoms with van der Waals surface area (Å²) < 4.78 is 31.0. The van der Waals surface area contributed by atoms with Gasteiger partial charge in [-0.3, -0.25) is 4.79 Å². The third kappa shape index (κ3) is 4.00. The molecule has 0 unspecified atom stereocenters. The second-order valence-corrected chi connectivity index (χ2v) is 4.18. The van der Waals surface area contributed by atoms with Gasteiger partial charge in [0.25, 0.3) is 5.91 Å². The highest BCUT2D eigenvalue weighted by Crippen LogP contribution is 2.17. The third-order valence-corrected chi connectivity index (χ3v) is 2.65. The van der Waals surface area contributed by atoms with E-state index in [0.717, 1.165) is 12.1 Å². The maximum atomic E-state index is 13.1. The van der Waals surface area contributed by atoms with E-state index in [0.29, 0.717) is 11.4 Å². The molecule has 0 aliphatic heterocycles. The molecule has 0 atom stereocenters. The van der Waals surface area contributed by atoms with E-state index in [2.05, 4.69) is 5.32 Å². The molecule has 2 aromatic rings. The van der Waals surface area contributed by atoms with Crippen molar-refractivity contribution in [3.8, 4) is 5.75 Å². The Bertz CT molecular complexity index is 629. The van der Waals surface area contributed by atoms with Gasteiger partial charge < -0.3 is 15.2 Å². The Morgan fingerprint density at radius 2 is 1.81 bits per heavy atom. The fraction of sp³-hybridized carbons (Fsp3) is 0.133. The van der Waals surface area contributed by atoms with Crippen molar-refractivity contribution in [1.82, 2.24) is 0 Å². The topological polar surface area (TPSA) is 58.6 Å². The van der Waals surface area contributed by atoms with Crippen LogP contribution in [0.3, 0.4) is 0 Å². The zero-order valence-corrected chi connectivity index (χ0v) is 11.0. The van der Waals surface area contributed by atoms with E-state index in [9.17, 15) is 13.6 Å². The first-order valence-corrected chi connectivity index (χ1v) is 6.20. The maximum Gasteiger partial charge on any atom is 0.255 e. The fourth-order valence-electron chi connectivity index (χ4n) is 1.64. The van der Waals surface area contributed by atoms with E-state index in [1.807, 2.05) is 0 Å². The number of anilines is 1. The van der Waals surface area contributed by atoms with Crippen LogP contribution in [0.4, 0.5) is 14.5 Å². The van der Waals surface area contributed by atoms with Crippen LogP contribution in [-0.2, 0) is 0 Å². The number of hydrogen-bond acceptors (Lipinski definition) is 3. The number of carbonyl (C=O) groups excluding carboxylic acids is 1. The summed E-state index contributed by atoms with van der Waals surface area (Å²) in [6.07, 6.45) is 0. The molecule has 0 aliphatic rings. The zero-order chi connectivity index (χ0) is 15.2. The number of benzene rings is 2. The molecule has 0 bridgehead atoms. The summed E-state index contributed by atoms with van der Waals surface area (Å²) in [5.41, 5.74) is 0.510. The average Bonchev–Trinajstić information content (AvgIpc) is 2.49. The van der Waals surface area contributed by atoms with Crippen molar-refractivity contribution < 1.29 is 23.4 Å². The van der Waals surface area contributed by atoms with Crippen molar-refractivity contribution in [3.63, 3.8) is 0 Å². The van der Waals surface area contributed by atoms with Crippen LogP contribution in [0.25, 0.3) is 0 Å². The lowest BCUT2D eigenvalue weighted by molar-refractivity contribution is 0.102. The van der Waals surface area contributed by atoms with Gasteiger partial charge in [0.1, 0.15) is 12.4 Å². The van der Waals surface area contributed by atoms with E-state index in [4.69, 9.17) is 9.84 Å². The summed E-state index contributed by atoms with van der Waals surface area (Å²) in [7, 11) is 0. The van der Waals surface area contributed by atoms with Gasteiger partial charge in [-0.1, -0.05) is 0 Å². The van der Waals surface area contributed by atoms with Crippen LogP contribution in [0.15, 0.2) is 42.5 Å². The van der Waals surface area contributed by atoms with Gasteiger partial charge >= 0.3 is 0 Å². The van der Waals surface area contributed by atoms with Gasteiger partial charge in [-0.2, -0.15) is 0 Å². The van der Waals surface area contributed by atoms with E-state index in [1.165, 1.54) is 6.07 Å². The lowest BCUT2D eigenvalue weighted by atomic mass is 10.2. The van der Waals surface area contributed by atoms with Crippen molar-refractivity contribution in [3.05, 3.63) is 59.7 Å². The summed E-state index contributed by atoms with van der Waals surface area (Å²) >= 11 is 0. The molecule has 2 aromatic carbocycles. The first kappa shape index (κ1) is 14.9. The first-order chi connectivity index (χ1) is 10.1. The molecule has 0 spiro atoms. The molecule has 0 saturated heterocycles. The summed E-state index contributed by atoms with van der Waals surface area (Å²) in [4.78, 5) is 11.9. The first-order valence-electron chi connectivity index (χ1n) is 6.20. The van der Waals surface area contributed by atoms with Crippen LogP contribution in [0.5, 0.6) is 5.75 Å². The van der Waals surface area contributed by atoms with Gasteiger partial charge in [0.15, 0.2) is 11.6 Å². The monoisotopic (exact) mass is 293 g/mol. The van der Waals surface area contributed by atoms with E-state index in [1.54, 1.807) is 24.3 Å². The number of halogens is 2. The Morgan fingerprint density at radius 1 is 1.10 bits per heavy atom. The molecule has 0 fully saturated rings. The van der Waals surface area contributed by atoms with Gasteiger partial charge in [0.2, 0.25) is 0 Å². The average molecular weight is 293 g/mol. The fourth-order valence-corrected chi connectivity index (χ4v) is 1.64. The lowest BCUT2D eigenvalue weighted by Crippen LogP contribution is -2.12. The summed E-state index contributed by atoms with van der Waals surface area (Å²) in [5, 5.41) is 11.2. The minimum atomic E-state index is -1.07. The molecule has 2 rings (SSSR count). The minimum Gasteiger partial charge on any atom is -0.491 e. The third-order valence-electron chi connectivity index (χ3n) is 2.65. The molecule has 1 amide bonds. The minimum absolute atomic E-state index is 0.0227. The van der Waals surface area contributed by atoms with Crippen LogP contribution < -0.4 is 10.1 Å². The molecule has 6 heteroatoms. The predicted octanol–water partition coefficient (Wildman–Crippen LogP) is 2.59. The smallest absolute Gasteiger partial charge is 0.255 e. The SMILES string of the molecule is O=C(Nc1ccc(OCCO)cc1)c1ccc(F)c(F)c1. The molecular formula is C15H13F2NO3. The molecule has 0 saturated carbocycles. The standard InChI is InChI=1S/C15H13F2NO3/c16-13-6-1-10(9-14(13)17)15(20)18-11-2-4-12(5-3-11)21-8-7-19/h1-6,9,19H,7-8H2,(H,18,20). The predicted molar refractivity (Wildman–Crippen MR) is 73.3 cm³/mol. The van der Waals surface area contributed by atoms with Crippen LogP contribution >= 0.6 is 0 Å². The lowest BCUT2D eigenvalue weighted by Gasteiger charge is -2.07. The highest BCUT2D eigenvalue weighted by Gasteiger charge is 2.10. The number of aliphatic hydroxyl groups is 1. The van der Waals surface area contributed by atoms with Crippen molar-refractivity contribution in [2.45, 2.75) is 0 Å². The Balaban J connectivity index is 2.03. The van der Waals surface area contributed by atoms with E-state index in [-0.39, 0.29) is 18.8 Å². The summed E-state index contributed by atoms with van der Waals surface area (Å²) in [5.74, 6) is -2.07. The van der Waals surface area contributed by atoms with Gasteiger partial charge in [0.05, 0.1) is 6.61 Å². The number of aliphatic hydroxyl groups excluding tert-OH is 1. The van der Waals surface area contributed by atoms with E-state index >= 15 is 0 Å². The van der Waals surface area contributed by atoms with E-state index < -0.39 is 17.5 Å². The number of amides is 1. The summed E-state index contributed by atoms with van der Waals surface area (Å²) in [6.45, 7) is 0.0924. The molecule has 2 N–H and O–H groups in total. The Labute approximate surface area is 120 Å². The second kappa shape index (κ2) is 6.81. The van der Waals surface area contributed by atoms with Crippen LogP contribution in [0.2, 0.25) is 0 Å². The normalized spacial score (nSPS) is 10.2. The van der Waals surface area contributed by atoms with Crippen LogP contribution in [0.1, 0.15) is 10.4 Å². The second-order valence-electron chi connectivity index (χ2n) is 4.18. The van der Waals surface area contributed by atoms with Gasteiger partial charge in [0, 0.05) is 11.3 Å². The van der Waals surface area contributed by atoms with Crippen LogP contribution in [-0.4, -0.2) is 24.2 Å². The highest BCUT2D eigenvalue weighted by molar-refractivity contribution is 6.04. The summed E-state index contributed by atoms with van der Waals surface area (Å²) in [6, 6.07) is 9.38. The molecule has 4 nitrogen and oxygen atoms in total. The van der Waals surface area contributed by atoms with Gasteiger partial charge in [-0.05, 0) is 42.5 Å². The van der Waals surface area contributed by atoms with Gasteiger partial charge in [-0.25, -0.2) is 8.78 Å². The number of rotatable bonds is 5. The molecule has 0 aliphatic carbocycles. The Hall–Kier alpha value is -2.47. The van der Waals surface area contributed by atoms with Crippen molar-refractivity contribution in [1.29, 1.82) is 0 Å². The van der Waals surface area contributed by atoms with Gasteiger partial charge in [-0.15, -0.1) is 0 Å². The number of ether oxygens (including phenoxy) is 1. The van der Waals surface area contributed by atoms with Crippen molar-refractivity contribution in [2.75, 3.05) is 18.5 Å². The molecule has 21 heavy (non-hydrogen) atoms. The van der Waals surface area contributed by atoms with Crippen LogP contribution in [0, 0.1) is 11.6 Å². The number of carbonyl (C=O) groups is 1. The number of nitrogens with one attached hydrogen (secondary N) is 1. The molecule has 0 radical (unpaired) electrons. The Kier molecular flexibility index (Phi) is 4.84. The van der Waals surface area contributed by atoms with Crippen molar-refractivity contribution >= 4 is 11.6 Å². The zero-order valence-electron chi connectivity index (χ0n) is 11.0. The molecule has 0 aromatic heterocycles.